The molecule has 1 unspecified atom stereocenters. The van der Waals surface area contributed by atoms with Crippen LogP contribution in [0.25, 0.3) is 0 Å². The Bertz CT molecular complexity index is 490. The maximum Gasteiger partial charge on any atom is 0.242 e. The van der Waals surface area contributed by atoms with Crippen molar-refractivity contribution in [2.45, 2.75) is 32.2 Å². The third-order valence-electron chi connectivity index (χ3n) is 3.67. The molecule has 0 aliphatic carbocycles. The second kappa shape index (κ2) is 5.47. The number of likely N-dealkylation sites (N-methyl/N-ethyl adjacent to an activating group) is 1. The molecule has 1 amide bonds. The highest BCUT2D eigenvalue weighted by Gasteiger charge is 2.29. The van der Waals surface area contributed by atoms with Crippen molar-refractivity contribution < 1.29 is 9.18 Å². The molecular formula is C14H20FN3O. The number of nitrogens with one attached hydrogen (secondary N) is 1. The molecule has 2 rings (SSSR count). The van der Waals surface area contributed by atoms with E-state index in [1.54, 1.807) is 20.0 Å². The lowest BCUT2D eigenvalue weighted by Gasteiger charge is -2.37. The van der Waals surface area contributed by atoms with Crippen molar-refractivity contribution in [3.8, 4) is 0 Å². The lowest BCUT2D eigenvalue weighted by molar-refractivity contribution is -0.122. The van der Waals surface area contributed by atoms with Crippen LogP contribution in [0.15, 0.2) is 12.1 Å². The van der Waals surface area contributed by atoms with E-state index in [-0.39, 0.29) is 17.8 Å². The number of nitrogens with two attached hydrogens (primary N) is 1. The third kappa shape index (κ3) is 2.64. The first-order chi connectivity index (χ1) is 9.04. The number of hydrogen-bond donors (Lipinski definition) is 2. The van der Waals surface area contributed by atoms with Gasteiger partial charge in [0.15, 0.2) is 0 Å². The monoisotopic (exact) mass is 265 g/mol. The van der Waals surface area contributed by atoms with Gasteiger partial charge in [-0.25, -0.2) is 4.39 Å². The SMILES string of the molecule is CNC(=O)C1CCCCN1c1cc(C)c(F)cc1N. The number of benzene rings is 1. The van der Waals surface area contributed by atoms with Crippen LogP contribution in [0.3, 0.4) is 0 Å². The minimum absolute atomic E-state index is 0.0129. The van der Waals surface area contributed by atoms with Gasteiger partial charge in [0.25, 0.3) is 0 Å². The highest BCUT2D eigenvalue weighted by molar-refractivity contribution is 5.86. The van der Waals surface area contributed by atoms with Crippen LogP contribution in [-0.2, 0) is 4.79 Å². The van der Waals surface area contributed by atoms with Crippen LogP contribution in [0.5, 0.6) is 0 Å². The zero-order valence-corrected chi connectivity index (χ0v) is 11.4. The number of aryl methyl sites for hydroxylation is 1. The molecule has 0 aromatic heterocycles. The second-order valence-electron chi connectivity index (χ2n) is 4.98. The number of rotatable bonds is 2. The van der Waals surface area contributed by atoms with Crippen LogP contribution in [-0.4, -0.2) is 25.5 Å². The average Bonchev–Trinajstić information content (AvgIpc) is 2.42. The fourth-order valence-electron chi connectivity index (χ4n) is 2.59. The van der Waals surface area contributed by atoms with Gasteiger partial charge in [0.2, 0.25) is 5.91 Å². The van der Waals surface area contributed by atoms with E-state index in [1.807, 2.05) is 4.90 Å². The molecule has 1 aliphatic heterocycles. The molecule has 0 radical (unpaired) electrons. The molecule has 1 saturated heterocycles. The van der Waals surface area contributed by atoms with E-state index in [1.165, 1.54) is 6.07 Å². The molecule has 1 fully saturated rings. The molecule has 1 aromatic carbocycles. The van der Waals surface area contributed by atoms with E-state index in [4.69, 9.17) is 5.73 Å². The second-order valence-corrected chi connectivity index (χ2v) is 4.98. The molecule has 0 saturated carbocycles. The van der Waals surface area contributed by atoms with Crippen molar-refractivity contribution in [1.29, 1.82) is 0 Å². The van der Waals surface area contributed by atoms with Gasteiger partial charge in [-0.3, -0.25) is 4.79 Å². The predicted molar refractivity (Wildman–Crippen MR) is 74.6 cm³/mol. The normalized spacial score (nSPS) is 19.3. The number of halogens is 1. The van der Waals surface area contributed by atoms with Crippen molar-refractivity contribution in [2.75, 3.05) is 24.2 Å². The fourth-order valence-corrected chi connectivity index (χ4v) is 2.59. The van der Waals surface area contributed by atoms with Gasteiger partial charge in [-0.1, -0.05) is 0 Å². The molecule has 1 atom stereocenters. The van der Waals surface area contributed by atoms with Crippen molar-refractivity contribution in [2.24, 2.45) is 0 Å². The van der Waals surface area contributed by atoms with E-state index >= 15 is 0 Å². The summed E-state index contributed by atoms with van der Waals surface area (Å²) in [6.45, 7) is 2.48. The smallest absolute Gasteiger partial charge is 0.242 e. The largest absolute Gasteiger partial charge is 0.397 e. The Labute approximate surface area is 112 Å². The van der Waals surface area contributed by atoms with Gasteiger partial charge < -0.3 is 16.0 Å². The molecule has 4 nitrogen and oxygen atoms in total. The van der Waals surface area contributed by atoms with Gasteiger partial charge in [0, 0.05) is 13.6 Å². The van der Waals surface area contributed by atoms with Crippen molar-refractivity contribution in [3.05, 3.63) is 23.5 Å². The highest BCUT2D eigenvalue weighted by Crippen LogP contribution is 2.31. The first-order valence-electron chi connectivity index (χ1n) is 6.58. The van der Waals surface area contributed by atoms with E-state index in [0.717, 1.165) is 31.5 Å². The molecule has 1 aliphatic rings. The minimum atomic E-state index is -0.310. The number of carbonyl (C=O) groups is 1. The Morgan fingerprint density at radius 1 is 1.47 bits per heavy atom. The van der Waals surface area contributed by atoms with E-state index in [9.17, 15) is 9.18 Å². The van der Waals surface area contributed by atoms with Gasteiger partial charge in [-0.15, -0.1) is 0 Å². The summed E-state index contributed by atoms with van der Waals surface area (Å²) in [5.74, 6) is -0.323. The number of anilines is 2. The fraction of sp³-hybridized carbons (Fsp3) is 0.500. The van der Waals surface area contributed by atoms with Crippen LogP contribution in [0.1, 0.15) is 24.8 Å². The molecule has 5 heteroatoms. The zero-order valence-electron chi connectivity index (χ0n) is 11.4. The summed E-state index contributed by atoms with van der Waals surface area (Å²) >= 11 is 0. The molecule has 1 heterocycles. The quantitative estimate of drug-likeness (QED) is 0.802. The van der Waals surface area contributed by atoms with E-state index in [2.05, 4.69) is 5.32 Å². The van der Waals surface area contributed by atoms with Crippen molar-refractivity contribution >= 4 is 17.3 Å². The lowest BCUT2D eigenvalue weighted by Crippen LogP contribution is -2.49. The summed E-state index contributed by atoms with van der Waals surface area (Å²) in [7, 11) is 1.63. The summed E-state index contributed by atoms with van der Waals surface area (Å²) < 4.78 is 13.5. The summed E-state index contributed by atoms with van der Waals surface area (Å²) in [6.07, 6.45) is 2.84. The minimum Gasteiger partial charge on any atom is -0.397 e. The lowest BCUT2D eigenvalue weighted by atomic mass is 9.99. The number of nitrogens with zero attached hydrogens (tertiary/aromatic N) is 1. The Morgan fingerprint density at radius 2 is 2.21 bits per heavy atom. The molecule has 104 valence electrons. The number of nitrogen functional groups attached to an aromatic ring is 1. The van der Waals surface area contributed by atoms with Gasteiger partial charge in [0.1, 0.15) is 11.9 Å². The van der Waals surface area contributed by atoms with Crippen LogP contribution in [0.4, 0.5) is 15.8 Å². The highest BCUT2D eigenvalue weighted by atomic mass is 19.1. The van der Waals surface area contributed by atoms with Crippen molar-refractivity contribution in [1.82, 2.24) is 5.32 Å². The summed E-state index contributed by atoms with van der Waals surface area (Å²) in [6, 6.07) is 2.84. The van der Waals surface area contributed by atoms with E-state index in [0.29, 0.717) is 11.3 Å². The van der Waals surface area contributed by atoms with E-state index < -0.39 is 0 Å². The molecule has 19 heavy (non-hydrogen) atoms. The molecular weight excluding hydrogens is 245 g/mol. The predicted octanol–water partition coefficient (Wildman–Crippen LogP) is 1.82. The third-order valence-corrected chi connectivity index (χ3v) is 3.67. The number of piperidine rings is 1. The first-order valence-corrected chi connectivity index (χ1v) is 6.58. The van der Waals surface area contributed by atoms with Gasteiger partial charge in [-0.05, 0) is 43.9 Å². The van der Waals surface area contributed by atoms with Gasteiger partial charge in [-0.2, -0.15) is 0 Å². The summed E-state index contributed by atoms with van der Waals surface area (Å²) in [5.41, 5.74) is 7.60. The Balaban J connectivity index is 2.37. The van der Waals surface area contributed by atoms with Crippen LogP contribution in [0, 0.1) is 12.7 Å². The first kappa shape index (κ1) is 13.6. The zero-order chi connectivity index (χ0) is 14.0. The molecule has 0 spiro atoms. The van der Waals surface area contributed by atoms with Crippen LogP contribution < -0.4 is 16.0 Å². The van der Waals surface area contributed by atoms with Crippen LogP contribution >= 0.6 is 0 Å². The average molecular weight is 265 g/mol. The Kier molecular flexibility index (Phi) is 3.93. The topological polar surface area (TPSA) is 58.4 Å². The standard InChI is InChI=1S/C14H20FN3O/c1-9-7-13(11(16)8-10(9)15)18-6-4-3-5-12(18)14(19)17-2/h7-8,12H,3-6,16H2,1-2H3,(H,17,19). The van der Waals surface area contributed by atoms with Gasteiger partial charge in [0.05, 0.1) is 11.4 Å². The van der Waals surface area contributed by atoms with Crippen molar-refractivity contribution in [3.63, 3.8) is 0 Å². The Morgan fingerprint density at radius 3 is 2.89 bits per heavy atom. The maximum atomic E-state index is 13.5. The Hall–Kier alpha value is -1.78. The molecule has 3 N–H and O–H groups in total. The summed E-state index contributed by atoms with van der Waals surface area (Å²) in [5, 5.41) is 2.68. The molecule has 0 bridgehead atoms. The maximum absolute atomic E-state index is 13.5. The molecule has 1 aromatic rings. The van der Waals surface area contributed by atoms with Gasteiger partial charge >= 0.3 is 0 Å². The number of hydrogen-bond acceptors (Lipinski definition) is 3. The summed E-state index contributed by atoms with van der Waals surface area (Å²) in [4.78, 5) is 13.9. The number of carbonyl (C=O) groups excluding carboxylic acids is 1. The van der Waals surface area contributed by atoms with Crippen LogP contribution in [0.2, 0.25) is 0 Å². The number of amides is 1.